The molecule has 0 spiro atoms. The summed E-state index contributed by atoms with van der Waals surface area (Å²) in [5.41, 5.74) is 4.31. The lowest BCUT2D eigenvalue weighted by Gasteiger charge is -2.40. The molecule has 0 heterocycles. The lowest BCUT2D eigenvalue weighted by atomic mass is 9.66. The molecule has 0 aromatic heterocycles. The van der Waals surface area contributed by atoms with Crippen LogP contribution in [0.3, 0.4) is 0 Å². The molecule has 1 fully saturated rings. The monoisotopic (exact) mass is 478 g/mol. The van der Waals surface area contributed by atoms with Gasteiger partial charge in [-0.05, 0) is 46.9 Å². The van der Waals surface area contributed by atoms with Crippen LogP contribution < -0.4 is 10.6 Å². The highest BCUT2D eigenvalue weighted by atomic mass is 16.5. The number of carbonyl (C=O) groups is 3. The molecule has 1 saturated carbocycles. The quantitative estimate of drug-likeness (QED) is 0.428. The largest absolute Gasteiger partial charge is 0.481 e. The summed E-state index contributed by atoms with van der Waals surface area (Å²) in [5.74, 6) is -1.03. The van der Waals surface area contributed by atoms with Crippen LogP contribution in [-0.4, -0.2) is 42.3 Å². The highest BCUT2D eigenvalue weighted by Gasteiger charge is 2.39. The van der Waals surface area contributed by atoms with Gasteiger partial charge in [-0.2, -0.15) is 0 Å². The molecule has 0 aliphatic heterocycles. The Labute approximate surface area is 206 Å². The fourth-order valence-corrected chi connectivity index (χ4v) is 5.38. The van der Waals surface area contributed by atoms with Crippen molar-refractivity contribution in [1.29, 1.82) is 0 Å². The Kier molecular flexibility index (Phi) is 7.73. The van der Waals surface area contributed by atoms with Crippen LogP contribution in [-0.2, 0) is 14.3 Å². The molecule has 2 aromatic carbocycles. The van der Waals surface area contributed by atoms with Crippen molar-refractivity contribution < 1.29 is 24.2 Å². The minimum atomic E-state index is -0.834. The molecule has 2 aromatic rings. The Morgan fingerprint density at radius 1 is 1.06 bits per heavy atom. The molecule has 2 aliphatic rings. The first-order chi connectivity index (χ1) is 16.9. The van der Waals surface area contributed by atoms with Gasteiger partial charge in [-0.15, -0.1) is 0 Å². The topological polar surface area (TPSA) is 105 Å². The summed E-state index contributed by atoms with van der Waals surface area (Å²) in [5, 5.41) is 14.9. The van der Waals surface area contributed by atoms with Crippen LogP contribution in [0, 0.1) is 5.41 Å². The third-order valence-electron chi connectivity index (χ3n) is 7.34. The van der Waals surface area contributed by atoms with Crippen LogP contribution in [0.4, 0.5) is 4.79 Å². The minimum Gasteiger partial charge on any atom is -0.481 e. The molecule has 0 radical (unpaired) electrons. The Hall–Kier alpha value is -3.35. The Morgan fingerprint density at radius 2 is 1.69 bits per heavy atom. The molecule has 2 aliphatic carbocycles. The van der Waals surface area contributed by atoms with Crippen molar-refractivity contribution in [3.63, 3.8) is 0 Å². The van der Waals surface area contributed by atoms with Crippen molar-refractivity contribution in [2.45, 2.75) is 63.8 Å². The Morgan fingerprint density at radius 3 is 2.23 bits per heavy atom. The van der Waals surface area contributed by atoms with Crippen LogP contribution in [0.1, 0.15) is 68.9 Å². The van der Waals surface area contributed by atoms with Gasteiger partial charge in [-0.25, -0.2) is 4.79 Å². The zero-order valence-corrected chi connectivity index (χ0v) is 20.2. The lowest BCUT2D eigenvalue weighted by Crippen LogP contribution is -2.45. The van der Waals surface area contributed by atoms with Crippen LogP contribution in [0.5, 0.6) is 0 Å². The van der Waals surface area contributed by atoms with Gasteiger partial charge in [0.2, 0.25) is 5.91 Å². The molecule has 2 amide bonds. The maximum Gasteiger partial charge on any atom is 0.407 e. The summed E-state index contributed by atoms with van der Waals surface area (Å²) in [6.07, 6.45) is 3.77. The maximum atomic E-state index is 12.7. The molecule has 7 heteroatoms. The Balaban J connectivity index is 1.30. The molecule has 1 atom stereocenters. The summed E-state index contributed by atoms with van der Waals surface area (Å²) < 4.78 is 5.64. The normalized spacial score (nSPS) is 16.4. The predicted molar refractivity (Wildman–Crippen MR) is 133 cm³/mol. The van der Waals surface area contributed by atoms with E-state index in [1.165, 1.54) is 11.1 Å². The van der Waals surface area contributed by atoms with Crippen molar-refractivity contribution >= 4 is 18.0 Å². The number of carbonyl (C=O) groups excluding carboxylic acids is 2. The summed E-state index contributed by atoms with van der Waals surface area (Å²) in [6, 6.07) is 16.0. The average Bonchev–Trinajstić information content (AvgIpc) is 3.13. The van der Waals surface area contributed by atoms with E-state index in [1.807, 2.05) is 31.2 Å². The fraction of sp³-hybridized carbons (Fsp3) is 0.464. The zero-order valence-electron chi connectivity index (χ0n) is 20.2. The van der Waals surface area contributed by atoms with E-state index >= 15 is 0 Å². The molecule has 3 N–H and O–H groups in total. The summed E-state index contributed by atoms with van der Waals surface area (Å²) in [4.78, 5) is 36.4. The van der Waals surface area contributed by atoms with Crippen molar-refractivity contribution in [2.75, 3.05) is 13.2 Å². The highest BCUT2D eigenvalue weighted by Crippen LogP contribution is 2.45. The van der Waals surface area contributed by atoms with E-state index < -0.39 is 12.1 Å². The first-order valence-corrected chi connectivity index (χ1v) is 12.5. The number of rotatable bonds is 11. The number of fused-ring (bicyclic) bond motifs is 3. The number of amides is 2. The maximum absolute atomic E-state index is 12.7. The summed E-state index contributed by atoms with van der Waals surface area (Å²) in [6.45, 7) is 2.59. The van der Waals surface area contributed by atoms with Gasteiger partial charge in [0.25, 0.3) is 0 Å². The minimum absolute atomic E-state index is 0.0195. The number of alkyl carbamates (subject to hydrolysis) is 1. The molecule has 7 nitrogen and oxygen atoms in total. The van der Waals surface area contributed by atoms with Gasteiger partial charge in [0.15, 0.2) is 0 Å². The number of aliphatic carboxylic acids is 1. The average molecular weight is 479 g/mol. The number of carboxylic acids is 1. The SMILES string of the molecule is CCCC(CC(=O)NCC1(CC(=O)O)CCC1)NC(=O)OCC1c2ccccc2-c2ccccc21. The van der Waals surface area contributed by atoms with Gasteiger partial charge in [-0.3, -0.25) is 9.59 Å². The Bertz CT molecular complexity index is 1030. The van der Waals surface area contributed by atoms with Gasteiger partial charge < -0.3 is 20.5 Å². The van der Waals surface area contributed by atoms with Gasteiger partial charge in [0, 0.05) is 24.9 Å². The van der Waals surface area contributed by atoms with E-state index in [0.717, 1.165) is 36.8 Å². The van der Waals surface area contributed by atoms with Gasteiger partial charge in [0.1, 0.15) is 6.61 Å². The van der Waals surface area contributed by atoms with Crippen molar-refractivity contribution in [2.24, 2.45) is 5.41 Å². The van der Waals surface area contributed by atoms with E-state index in [4.69, 9.17) is 9.84 Å². The molecule has 35 heavy (non-hydrogen) atoms. The number of hydrogen-bond donors (Lipinski definition) is 3. The van der Waals surface area contributed by atoms with Crippen LogP contribution in [0.25, 0.3) is 11.1 Å². The second-order valence-corrected chi connectivity index (χ2v) is 9.86. The number of hydrogen-bond acceptors (Lipinski definition) is 4. The van der Waals surface area contributed by atoms with Crippen molar-refractivity contribution in [3.8, 4) is 11.1 Å². The van der Waals surface area contributed by atoms with E-state index in [1.54, 1.807) is 0 Å². The zero-order chi connectivity index (χ0) is 24.8. The number of nitrogens with one attached hydrogen (secondary N) is 2. The predicted octanol–water partition coefficient (Wildman–Crippen LogP) is 4.85. The molecule has 0 saturated heterocycles. The number of carboxylic acid groups (broad SMARTS) is 1. The van der Waals surface area contributed by atoms with E-state index in [-0.39, 0.29) is 42.7 Å². The molecular formula is C28H34N2O5. The summed E-state index contributed by atoms with van der Waals surface area (Å²) >= 11 is 0. The van der Waals surface area contributed by atoms with Gasteiger partial charge in [0.05, 0.1) is 6.42 Å². The third-order valence-corrected chi connectivity index (χ3v) is 7.34. The molecule has 1 unspecified atom stereocenters. The first-order valence-electron chi connectivity index (χ1n) is 12.5. The smallest absolute Gasteiger partial charge is 0.407 e. The van der Waals surface area contributed by atoms with Crippen molar-refractivity contribution in [3.05, 3.63) is 59.7 Å². The van der Waals surface area contributed by atoms with Gasteiger partial charge >= 0.3 is 12.1 Å². The van der Waals surface area contributed by atoms with Crippen molar-refractivity contribution in [1.82, 2.24) is 10.6 Å². The molecular weight excluding hydrogens is 444 g/mol. The second-order valence-electron chi connectivity index (χ2n) is 9.86. The van der Waals surface area contributed by atoms with Crippen LogP contribution in [0.15, 0.2) is 48.5 Å². The van der Waals surface area contributed by atoms with Gasteiger partial charge in [-0.1, -0.05) is 68.3 Å². The van der Waals surface area contributed by atoms with E-state index in [0.29, 0.717) is 13.0 Å². The number of benzene rings is 2. The summed E-state index contributed by atoms with van der Waals surface area (Å²) in [7, 11) is 0. The highest BCUT2D eigenvalue weighted by molar-refractivity contribution is 5.79. The standard InChI is InChI=1S/C28H34N2O5/c1-2-8-19(15-25(31)29-18-28(13-7-14-28)16-26(32)33)30-27(34)35-17-24-22-11-5-3-9-20(22)21-10-4-6-12-23(21)24/h3-6,9-12,19,24H,2,7-8,13-18H2,1H3,(H,29,31)(H,30,34)(H,32,33). The lowest BCUT2D eigenvalue weighted by molar-refractivity contribution is -0.141. The first kappa shape index (κ1) is 24.8. The third kappa shape index (κ3) is 5.84. The van der Waals surface area contributed by atoms with Crippen LogP contribution in [0.2, 0.25) is 0 Å². The second kappa shape index (κ2) is 10.9. The van der Waals surface area contributed by atoms with E-state index in [2.05, 4.69) is 34.9 Å². The van der Waals surface area contributed by atoms with Crippen LogP contribution >= 0.6 is 0 Å². The molecule has 0 bridgehead atoms. The number of ether oxygens (including phenoxy) is 1. The molecule has 186 valence electrons. The molecule has 4 rings (SSSR count). The fourth-order valence-electron chi connectivity index (χ4n) is 5.38. The van der Waals surface area contributed by atoms with E-state index in [9.17, 15) is 14.4 Å².